The van der Waals surface area contributed by atoms with Crippen LogP contribution in [0.25, 0.3) is 10.8 Å². The maximum Gasteiger partial charge on any atom is 0.321 e. The molecule has 0 radical (unpaired) electrons. The van der Waals surface area contributed by atoms with Gasteiger partial charge >= 0.3 is 6.03 Å². The van der Waals surface area contributed by atoms with Gasteiger partial charge < -0.3 is 41.9 Å². The molecule has 2 saturated carbocycles. The monoisotopic (exact) mass is 825 g/mol. The van der Waals surface area contributed by atoms with Gasteiger partial charge in [0, 0.05) is 38.2 Å². The van der Waals surface area contributed by atoms with Crippen LogP contribution in [-0.4, -0.2) is 111 Å². The van der Waals surface area contributed by atoms with Gasteiger partial charge in [0.15, 0.2) is 6.10 Å². The van der Waals surface area contributed by atoms with Crippen molar-refractivity contribution in [1.29, 1.82) is 0 Å². The van der Waals surface area contributed by atoms with Crippen LogP contribution in [0.5, 0.6) is 0 Å². The van der Waals surface area contributed by atoms with Gasteiger partial charge in [-0.25, -0.2) is 9.78 Å². The minimum absolute atomic E-state index is 0.0327. The lowest BCUT2D eigenvalue weighted by Gasteiger charge is -2.38. The number of aliphatic hydroxyl groups is 1. The number of primary amides is 1. The number of fused-ring (bicyclic) bond motifs is 1. The number of likely N-dealkylation sites (N-methyl/N-ethyl adjacent to an activating group) is 1. The normalized spacial score (nSPS) is 20.5. The average Bonchev–Trinajstić information content (AvgIpc) is 3.68. The van der Waals surface area contributed by atoms with E-state index in [1.54, 1.807) is 13.1 Å². The van der Waals surface area contributed by atoms with Crippen molar-refractivity contribution >= 4 is 52.0 Å². The van der Waals surface area contributed by atoms with Gasteiger partial charge in [-0.05, 0) is 59.4 Å². The highest BCUT2D eigenvalue weighted by Crippen LogP contribution is 2.33. The van der Waals surface area contributed by atoms with E-state index >= 15 is 0 Å². The second-order valence-corrected chi connectivity index (χ2v) is 17.8. The Bertz CT molecular complexity index is 2030. The summed E-state index contributed by atoms with van der Waals surface area (Å²) in [4.78, 5) is 93.8. The molecule has 16 nitrogen and oxygen atoms in total. The standard InChI is InChI=1S/C44H59N9O7/c1-44(2,3)37(51-41(58)35(28-14-6-5-7-15-28)50-40(57)33-23-46-19-20-47-33)42(59)52(4)34-25-53(43(60)48-30-18-17-27-13-8-9-16-29(27)22-30)24-31(34)39(56)49-32(36(54)38(45)55)21-26-11-10-12-26/h8-9,13,16-20,22-23,26,28,31-32,34-37,54H,5-7,10-12,14-15,21,24-25H2,1-4H3,(H2,45,55)(H,48,60)(H,49,56)(H,50,57)(H,51,58)/t31-,32+,34+,35+,36?,37-/m1/s1. The summed E-state index contributed by atoms with van der Waals surface area (Å²) in [5, 5.41) is 24.4. The maximum atomic E-state index is 14.8. The molecule has 16 heteroatoms. The first-order chi connectivity index (χ1) is 28.6. The van der Waals surface area contributed by atoms with Crippen molar-refractivity contribution in [2.24, 2.45) is 28.9 Å². The van der Waals surface area contributed by atoms with Crippen molar-refractivity contribution in [1.82, 2.24) is 35.7 Å². The fourth-order valence-electron chi connectivity index (χ4n) is 8.66. The molecular weight excluding hydrogens is 767 g/mol. The van der Waals surface area contributed by atoms with Gasteiger partial charge in [0.2, 0.25) is 23.6 Å². The summed E-state index contributed by atoms with van der Waals surface area (Å²) in [6.45, 7) is 5.33. The van der Waals surface area contributed by atoms with Crippen LogP contribution in [0, 0.1) is 23.2 Å². The molecule has 7 N–H and O–H groups in total. The number of benzene rings is 2. The van der Waals surface area contributed by atoms with Crippen molar-refractivity contribution in [3.05, 3.63) is 66.7 Å². The lowest BCUT2D eigenvalue weighted by molar-refractivity contribution is -0.142. The van der Waals surface area contributed by atoms with E-state index in [-0.39, 0.29) is 30.6 Å². The average molecular weight is 826 g/mol. The number of rotatable bonds is 14. The topological polar surface area (TPSA) is 229 Å². The largest absolute Gasteiger partial charge is 0.381 e. The Kier molecular flexibility index (Phi) is 14.0. The van der Waals surface area contributed by atoms with Gasteiger partial charge in [0.25, 0.3) is 5.91 Å². The first-order valence-electron chi connectivity index (χ1n) is 21.1. The van der Waals surface area contributed by atoms with E-state index < -0.39 is 77.2 Å². The molecule has 1 aliphatic heterocycles. The molecule has 0 bridgehead atoms. The van der Waals surface area contributed by atoms with Crippen LogP contribution in [0.15, 0.2) is 61.1 Å². The summed E-state index contributed by atoms with van der Waals surface area (Å²) in [5.41, 5.74) is 5.28. The third-order valence-corrected chi connectivity index (χ3v) is 12.5. The zero-order valence-corrected chi connectivity index (χ0v) is 34.9. The fraction of sp³-hybridized carbons (Fsp3) is 0.545. The number of carbonyl (C=O) groups is 6. The van der Waals surface area contributed by atoms with Gasteiger partial charge in [-0.3, -0.25) is 29.0 Å². The van der Waals surface area contributed by atoms with Crippen LogP contribution in [0.4, 0.5) is 10.5 Å². The lowest BCUT2D eigenvalue weighted by Crippen LogP contribution is -2.61. The molecule has 1 saturated heterocycles. The molecular formula is C44H59N9O7. The third-order valence-electron chi connectivity index (χ3n) is 12.5. The molecule has 2 aromatic carbocycles. The molecule has 1 aromatic heterocycles. The van der Waals surface area contributed by atoms with Crippen LogP contribution in [-0.2, 0) is 19.2 Å². The Hall–Kier alpha value is -5.64. The van der Waals surface area contributed by atoms with Gasteiger partial charge in [-0.2, -0.15) is 0 Å². The van der Waals surface area contributed by atoms with Crippen LogP contribution < -0.4 is 27.0 Å². The summed E-state index contributed by atoms with van der Waals surface area (Å²) >= 11 is 0. The van der Waals surface area contributed by atoms with Crippen LogP contribution in [0.3, 0.4) is 0 Å². The zero-order valence-electron chi connectivity index (χ0n) is 34.9. The number of hydrogen-bond acceptors (Lipinski definition) is 9. The number of amides is 7. The van der Waals surface area contributed by atoms with E-state index in [1.165, 1.54) is 28.4 Å². The van der Waals surface area contributed by atoms with Crippen molar-refractivity contribution < 1.29 is 33.9 Å². The number of likely N-dealkylation sites (tertiary alicyclic amines) is 1. The summed E-state index contributed by atoms with van der Waals surface area (Å²) in [6, 6.07) is 8.89. The molecule has 6 atom stereocenters. The zero-order chi connectivity index (χ0) is 43.1. The Morgan fingerprint density at radius 1 is 0.900 bits per heavy atom. The van der Waals surface area contributed by atoms with E-state index in [2.05, 4.69) is 31.2 Å². The molecule has 322 valence electrons. The third kappa shape index (κ3) is 10.6. The van der Waals surface area contributed by atoms with Crippen LogP contribution in [0.1, 0.15) is 89.0 Å². The van der Waals surface area contributed by atoms with Crippen molar-refractivity contribution in [2.45, 2.75) is 109 Å². The SMILES string of the molecule is CN(C(=O)[C@@H](NC(=O)[C@@H](NC(=O)c1cnccn1)C1CCCCC1)C(C)(C)C)[C@H]1CN(C(=O)Nc2ccc3ccccc3c2)C[C@H]1C(=O)N[C@@H](CC1CCC1)C(O)C(N)=O. The molecule has 3 aromatic rings. The molecule has 3 aliphatic rings. The minimum Gasteiger partial charge on any atom is -0.381 e. The number of carbonyl (C=O) groups excluding carboxylic acids is 6. The molecule has 2 aliphatic carbocycles. The molecule has 1 unspecified atom stereocenters. The van der Waals surface area contributed by atoms with E-state index in [0.29, 0.717) is 12.1 Å². The number of aliphatic hydroxyl groups excluding tert-OH is 1. The van der Waals surface area contributed by atoms with Crippen molar-refractivity contribution in [2.75, 3.05) is 25.5 Å². The number of aromatic nitrogens is 2. The predicted molar refractivity (Wildman–Crippen MR) is 225 cm³/mol. The number of nitrogens with two attached hydrogens (primary N) is 1. The highest BCUT2D eigenvalue weighted by molar-refractivity contribution is 5.98. The first-order valence-corrected chi connectivity index (χ1v) is 21.1. The number of urea groups is 1. The van der Waals surface area contributed by atoms with Gasteiger partial charge in [-0.15, -0.1) is 0 Å². The highest BCUT2D eigenvalue weighted by Gasteiger charge is 2.47. The predicted octanol–water partition coefficient (Wildman–Crippen LogP) is 3.35. The van der Waals surface area contributed by atoms with E-state index in [1.807, 2.05) is 57.2 Å². The first kappa shape index (κ1) is 43.9. The number of anilines is 1. The number of nitrogens with one attached hydrogen (secondary N) is 4. The molecule has 60 heavy (non-hydrogen) atoms. The van der Waals surface area contributed by atoms with E-state index in [0.717, 1.165) is 62.1 Å². The Morgan fingerprint density at radius 2 is 1.62 bits per heavy atom. The quantitative estimate of drug-likeness (QED) is 0.140. The molecule has 0 spiro atoms. The highest BCUT2D eigenvalue weighted by atomic mass is 16.3. The molecule has 7 amide bonds. The smallest absolute Gasteiger partial charge is 0.321 e. The molecule has 6 rings (SSSR count). The van der Waals surface area contributed by atoms with Crippen molar-refractivity contribution in [3.63, 3.8) is 0 Å². The summed E-state index contributed by atoms with van der Waals surface area (Å²) < 4.78 is 0. The van der Waals surface area contributed by atoms with Crippen molar-refractivity contribution in [3.8, 4) is 0 Å². The van der Waals surface area contributed by atoms with E-state index in [9.17, 15) is 33.9 Å². The number of nitrogens with zero attached hydrogens (tertiary/aromatic N) is 4. The molecule has 3 fully saturated rings. The van der Waals surface area contributed by atoms with E-state index in [4.69, 9.17) is 5.73 Å². The van der Waals surface area contributed by atoms with Crippen LogP contribution in [0.2, 0.25) is 0 Å². The second-order valence-electron chi connectivity index (χ2n) is 17.8. The summed E-state index contributed by atoms with van der Waals surface area (Å²) in [5.74, 6) is -4.03. The van der Waals surface area contributed by atoms with Gasteiger partial charge in [0.05, 0.1) is 24.2 Å². The Morgan fingerprint density at radius 3 is 2.25 bits per heavy atom. The van der Waals surface area contributed by atoms with Crippen LogP contribution >= 0.6 is 0 Å². The molecule has 2 heterocycles. The summed E-state index contributed by atoms with van der Waals surface area (Å²) in [6.07, 6.45) is 9.95. The minimum atomic E-state index is -1.63. The second kappa shape index (κ2) is 19.2. The van der Waals surface area contributed by atoms with Gasteiger partial charge in [-0.1, -0.05) is 89.6 Å². The Labute approximate surface area is 350 Å². The fourth-order valence-corrected chi connectivity index (χ4v) is 8.66. The maximum absolute atomic E-state index is 14.8. The Balaban J connectivity index is 1.25. The van der Waals surface area contributed by atoms with Gasteiger partial charge in [0.1, 0.15) is 17.8 Å². The lowest BCUT2D eigenvalue weighted by atomic mass is 9.79. The summed E-state index contributed by atoms with van der Waals surface area (Å²) in [7, 11) is 1.54. The number of hydrogen-bond donors (Lipinski definition) is 6.